The van der Waals surface area contributed by atoms with Crippen LogP contribution in [0, 0.1) is 3.95 Å². The summed E-state index contributed by atoms with van der Waals surface area (Å²) in [6.07, 6.45) is 3.11. The first-order valence-corrected chi connectivity index (χ1v) is 9.33. The molecule has 0 bridgehead atoms. The molecule has 13 heteroatoms. The number of hydrogen-bond acceptors (Lipinski definition) is 8. The fourth-order valence-electron chi connectivity index (χ4n) is 1.30. The van der Waals surface area contributed by atoms with E-state index >= 15 is 0 Å². The molecule has 3 rings (SSSR count). The van der Waals surface area contributed by atoms with Crippen LogP contribution in [0.5, 0.6) is 0 Å². The van der Waals surface area contributed by atoms with Gasteiger partial charge in [0.05, 0.1) is 33.3 Å². The number of nitrogens with one attached hydrogen (secondary N) is 1. The molecule has 0 radical (unpaired) electrons. The quantitative estimate of drug-likeness (QED) is 0.133. The molecule has 3 N–H and O–H groups in total. The normalized spacial score (nSPS) is 8.74. The molecule has 0 spiro atoms. The van der Waals surface area contributed by atoms with Gasteiger partial charge < -0.3 is 41.2 Å². The van der Waals surface area contributed by atoms with Crippen molar-refractivity contribution in [2.75, 3.05) is 12.3 Å². The Bertz CT molecular complexity index is 894. The van der Waals surface area contributed by atoms with Crippen molar-refractivity contribution in [2.24, 2.45) is 0 Å². The van der Waals surface area contributed by atoms with E-state index in [0.29, 0.717) is 27.6 Å². The van der Waals surface area contributed by atoms with E-state index in [-0.39, 0.29) is 64.9 Å². The second-order valence-corrected chi connectivity index (χ2v) is 7.13. The first-order chi connectivity index (χ1) is 11.9. The van der Waals surface area contributed by atoms with E-state index in [0.717, 1.165) is 14.2 Å². The number of thiol groups is 1. The largest absolute Gasteiger partial charge is 1.00 e. The molecule has 0 aliphatic carbocycles. The summed E-state index contributed by atoms with van der Waals surface area (Å²) in [6, 6.07) is 3.30. The molecule has 0 saturated heterocycles. The van der Waals surface area contributed by atoms with Gasteiger partial charge in [0.25, 0.3) is 0 Å². The van der Waals surface area contributed by atoms with Gasteiger partial charge in [-0.2, -0.15) is 0 Å². The number of aromatic amines is 1. The van der Waals surface area contributed by atoms with Crippen LogP contribution in [-0.2, 0) is 18.2 Å². The number of hydrogen-bond donors (Lipinski definition) is 2. The number of thiazole rings is 1. The summed E-state index contributed by atoms with van der Waals surface area (Å²) >= 11 is 27.3. The molecule has 5 nitrogen and oxygen atoms in total. The summed E-state index contributed by atoms with van der Waals surface area (Å²) in [5, 5.41) is 1.30. The third-order valence-corrected chi connectivity index (χ3v) is 4.38. The first-order valence-electron chi connectivity index (χ1n) is 6.57. The van der Waals surface area contributed by atoms with Crippen molar-refractivity contribution >= 4 is 106 Å². The topological polar surface area (TPSA) is 76.8 Å². The van der Waals surface area contributed by atoms with Crippen molar-refractivity contribution < 1.29 is 56.1 Å². The standard InChI is InChI=1S/C6H3ClN2S2.C5H4Cl2N2.C3H5OS.K.H2S/c7-5-1-4-3(2-8-5)9-6(10)11-4;6-3-1-5(7)9-2-4(3)8;1-2-4-3-5;;/h1-2H,(H,9,10);1-2H,8H2;2H2,1H3;;1H2/q;;-1;+1;/p-1. The Hall–Kier alpha value is 0.956. The molecule has 3 heterocycles. The summed E-state index contributed by atoms with van der Waals surface area (Å²) in [7, 11) is 0. The van der Waals surface area contributed by atoms with Gasteiger partial charge in [-0.1, -0.05) is 34.8 Å². The number of thiocarbonyl (C=S) groups is 1. The Kier molecular flexibility index (Phi) is 18.7. The molecule has 0 aliphatic heterocycles. The van der Waals surface area contributed by atoms with Crippen molar-refractivity contribution in [3.05, 3.63) is 43.8 Å². The van der Waals surface area contributed by atoms with Crippen LogP contribution in [0.2, 0.25) is 15.3 Å². The summed E-state index contributed by atoms with van der Waals surface area (Å²) in [6.45, 7) is 2.49. The molecule has 0 aliphatic rings. The maximum Gasteiger partial charge on any atom is 1.00 e. The van der Waals surface area contributed by atoms with Crippen molar-refractivity contribution in [3.8, 4) is 0 Å². The average Bonchev–Trinajstić information content (AvgIpc) is 2.92. The fourth-order valence-corrected chi connectivity index (χ4v) is 3.13. The molecule has 3 aromatic rings. The minimum atomic E-state index is 0. The van der Waals surface area contributed by atoms with Gasteiger partial charge in [0.2, 0.25) is 0 Å². The third-order valence-electron chi connectivity index (χ3n) is 2.32. The number of H-pyrrole nitrogens is 1. The smallest absolute Gasteiger partial charge is 0.813 e. The molecule has 0 fully saturated rings. The molecule has 0 aromatic carbocycles. The van der Waals surface area contributed by atoms with Crippen LogP contribution in [0.1, 0.15) is 6.92 Å². The Morgan fingerprint density at radius 2 is 1.81 bits per heavy atom. The summed E-state index contributed by atoms with van der Waals surface area (Å²) in [5.41, 5.74) is 8.83. The average molecular weight is 527 g/mol. The maximum atomic E-state index is 5.68. The zero-order valence-electron chi connectivity index (χ0n) is 14.2. The van der Waals surface area contributed by atoms with E-state index in [1.807, 2.05) is 6.92 Å². The van der Waals surface area contributed by atoms with Crippen LogP contribution >= 0.6 is 70.6 Å². The van der Waals surface area contributed by atoms with E-state index in [9.17, 15) is 0 Å². The summed E-state index contributed by atoms with van der Waals surface area (Å²) in [4.78, 5) is 10.6. The Labute approximate surface area is 236 Å². The van der Waals surface area contributed by atoms with Crippen LogP contribution in [0.3, 0.4) is 0 Å². The van der Waals surface area contributed by atoms with Gasteiger partial charge in [-0.05, 0) is 31.3 Å². The molecular weight excluding hydrogens is 514 g/mol. The fraction of sp³-hybridized carbons (Fsp3) is 0.143. The summed E-state index contributed by atoms with van der Waals surface area (Å²) in [5.74, 6) is 0. The number of pyridine rings is 2. The molecule has 27 heavy (non-hydrogen) atoms. The number of nitrogens with zero attached hydrogens (tertiary/aromatic N) is 2. The van der Waals surface area contributed by atoms with Crippen LogP contribution in [0.25, 0.3) is 10.2 Å². The number of fused-ring (bicyclic) bond motifs is 1. The van der Waals surface area contributed by atoms with Crippen molar-refractivity contribution in [2.45, 2.75) is 6.92 Å². The van der Waals surface area contributed by atoms with Gasteiger partial charge in [0.15, 0.2) is 3.95 Å². The number of nitrogens with two attached hydrogens (primary N) is 1. The van der Waals surface area contributed by atoms with E-state index in [2.05, 4.69) is 37.5 Å². The van der Waals surface area contributed by atoms with Gasteiger partial charge in [-0.3, -0.25) is 0 Å². The van der Waals surface area contributed by atoms with E-state index < -0.39 is 0 Å². The van der Waals surface area contributed by atoms with Crippen molar-refractivity contribution in [1.82, 2.24) is 15.0 Å². The van der Waals surface area contributed by atoms with Gasteiger partial charge in [-0.25, -0.2) is 15.5 Å². The minimum absolute atomic E-state index is 0. The van der Waals surface area contributed by atoms with Crippen molar-refractivity contribution in [3.63, 3.8) is 0 Å². The van der Waals surface area contributed by atoms with Gasteiger partial charge >= 0.3 is 51.4 Å². The Morgan fingerprint density at radius 3 is 2.30 bits per heavy atom. The molecule has 142 valence electrons. The zero-order valence-corrected chi connectivity index (χ0v) is 22.9. The number of nitrogen functional groups attached to an aromatic ring is 1. The van der Waals surface area contributed by atoms with Crippen LogP contribution in [-0.4, -0.2) is 27.1 Å². The second kappa shape index (κ2) is 16.7. The Morgan fingerprint density at radius 1 is 1.22 bits per heavy atom. The van der Waals surface area contributed by atoms with Gasteiger partial charge in [0, 0.05) is 6.61 Å². The number of anilines is 1. The second-order valence-electron chi connectivity index (χ2n) is 4.06. The molecule has 0 amide bonds. The van der Waals surface area contributed by atoms with Crippen LogP contribution in [0.15, 0.2) is 24.5 Å². The third kappa shape index (κ3) is 12.3. The van der Waals surface area contributed by atoms with E-state index in [1.54, 1.807) is 12.3 Å². The predicted octanol–water partition coefficient (Wildman–Crippen LogP) is 2.57. The minimum Gasteiger partial charge on any atom is -0.813 e. The number of halogens is 3. The molecular formula is C14H13Cl3KN4OS4-. The molecule has 0 unspecified atom stereocenters. The number of rotatable bonds is 2. The Balaban J connectivity index is 0. The predicted molar refractivity (Wildman–Crippen MR) is 121 cm³/mol. The van der Waals surface area contributed by atoms with E-state index in [1.165, 1.54) is 23.6 Å². The summed E-state index contributed by atoms with van der Waals surface area (Å²) < 4.78 is 6.20. The molecule has 0 saturated carbocycles. The number of aromatic nitrogens is 3. The molecule has 0 atom stereocenters. The van der Waals surface area contributed by atoms with Crippen LogP contribution in [0.4, 0.5) is 5.69 Å². The monoisotopic (exact) mass is 525 g/mol. The van der Waals surface area contributed by atoms with Crippen LogP contribution < -0.4 is 57.1 Å². The number of ether oxygens (including phenoxy) is 1. The first kappa shape index (κ1) is 30.2. The van der Waals surface area contributed by atoms with Gasteiger partial charge in [-0.15, -0.1) is 11.3 Å². The SMILES string of the molecule is CCO[C-]=S.Nc1cnc(Cl)cc1Cl.S=c1[nH]c2cnc(Cl)cc2s1.[K+].[SH-]. The van der Waals surface area contributed by atoms with E-state index in [4.69, 9.17) is 52.8 Å². The maximum absolute atomic E-state index is 5.68. The molecule has 3 aromatic heterocycles. The van der Waals surface area contributed by atoms with Crippen molar-refractivity contribution in [1.29, 1.82) is 0 Å². The zero-order chi connectivity index (χ0) is 18.8. The van der Waals surface area contributed by atoms with Gasteiger partial charge in [0.1, 0.15) is 10.3 Å².